The molecule has 9 heteroatoms. The SMILES string of the molecule is NC(=O)c1ccc(NC2(C(=O)O)CCOC2)c([N+](=O)[O-])c1. The third-order valence-corrected chi connectivity index (χ3v) is 3.28. The van der Waals surface area contributed by atoms with Gasteiger partial charge in [0, 0.05) is 24.7 Å². The molecule has 1 aromatic carbocycles. The van der Waals surface area contributed by atoms with Gasteiger partial charge in [-0.3, -0.25) is 14.9 Å². The average molecular weight is 295 g/mol. The summed E-state index contributed by atoms with van der Waals surface area (Å²) in [6.07, 6.45) is 0.178. The molecule has 0 saturated carbocycles. The second kappa shape index (κ2) is 5.37. The van der Waals surface area contributed by atoms with E-state index in [0.29, 0.717) is 0 Å². The van der Waals surface area contributed by atoms with Crippen LogP contribution in [0.25, 0.3) is 0 Å². The number of nitrogens with zero attached hydrogens (tertiary/aromatic N) is 1. The standard InChI is InChI=1S/C12H13N3O6/c13-10(16)7-1-2-8(9(5-7)15(19)20)14-12(11(17)18)3-4-21-6-12/h1-2,5,14H,3-4,6H2,(H2,13,16)(H,17,18). The number of ether oxygens (including phenoxy) is 1. The van der Waals surface area contributed by atoms with E-state index in [1.165, 1.54) is 12.1 Å². The van der Waals surface area contributed by atoms with E-state index >= 15 is 0 Å². The molecule has 4 N–H and O–H groups in total. The van der Waals surface area contributed by atoms with E-state index in [1.54, 1.807) is 0 Å². The summed E-state index contributed by atoms with van der Waals surface area (Å²) in [5.41, 5.74) is 3.21. The van der Waals surface area contributed by atoms with Crippen LogP contribution in [0.1, 0.15) is 16.8 Å². The molecule has 1 aliphatic rings. The number of anilines is 1. The highest BCUT2D eigenvalue weighted by Gasteiger charge is 2.43. The Morgan fingerprint density at radius 3 is 2.67 bits per heavy atom. The quantitative estimate of drug-likeness (QED) is 0.524. The third-order valence-electron chi connectivity index (χ3n) is 3.28. The first-order chi connectivity index (χ1) is 9.85. The van der Waals surface area contributed by atoms with Gasteiger partial charge in [-0.15, -0.1) is 0 Å². The highest BCUT2D eigenvalue weighted by atomic mass is 16.6. The van der Waals surface area contributed by atoms with E-state index in [-0.39, 0.29) is 30.9 Å². The van der Waals surface area contributed by atoms with Crippen LogP contribution < -0.4 is 11.1 Å². The van der Waals surface area contributed by atoms with E-state index in [1.807, 2.05) is 0 Å². The van der Waals surface area contributed by atoms with Gasteiger partial charge < -0.3 is 20.9 Å². The molecule has 21 heavy (non-hydrogen) atoms. The van der Waals surface area contributed by atoms with Crippen molar-refractivity contribution in [2.75, 3.05) is 18.5 Å². The number of carbonyl (C=O) groups is 2. The number of benzene rings is 1. The molecule has 0 bridgehead atoms. The highest BCUT2D eigenvalue weighted by molar-refractivity contribution is 5.94. The Morgan fingerprint density at radius 1 is 1.48 bits per heavy atom. The molecule has 1 unspecified atom stereocenters. The summed E-state index contributed by atoms with van der Waals surface area (Å²) in [7, 11) is 0. The van der Waals surface area contributed by atoms with Gasteiger partial charge >= 0.3 is 5.97 Å². The maximum atomic E-state index is 11.4. The number of aliphatic carboxylic acids is 1. The lowest BCUT2D eigenvalue weighted by molar-refractivity contribution is -0.384. The number of nitrogens with one attached hydrogen (secondary N) is 1. The van der Waals surface area contributed by atoms with Crippen molar-refractivity contribution in [1.29, 1.82) is 0 Å². The topological polar surface area (TPSA) is 145 Å². The molecular weight excluding hydrogens is 282 g/mol. The first kappa shape index (κ1) is 14.7. The van der Waals surface area contributed by atoms with E-state index in [0.717, 1.165) is 6.07 Å². The van der Waals surface area contributed by atoms with Gasteiger partial charge in [0.1, 0.15) is 5.69 Å². The van der Waals surface area contributed by atoms with Crippen molar-refractivity contribution in [2.24, 2.45) is 5.73 Å². The number of hydrogen-bond donors (Lipinski definition) is 3. The highest BCUT2D eigenvalue weighted by Crippen LogP contribution is 2.31. The predicted octanol–water partition coefficient (Wildman–Crippen LogP) is 0.349. The lowest BCUT2D eigenvalue weighted by atomic mass is 9.98. The van der Waals surface area contributed by atoms with Gasteiger partial charge in [0.2, 0.25) is 5.91 Å². The van der Waals surface area contributed by atoms with Crippen LogP contribution in [0.4, 0.5) is 11.4 Å². The lowest BCUT2D eigenvalue weighted by Gasteiger charge is -2.24. The van der Waals surface area contributed by atoms with Gasteiger partial charge in [0.15, 0.2) is 5.54 Å². The number of primary amides is 1. The van der Waals surface area contributed by atoms with Gasteiger partial charge in [-0.05, 0) is 12.1 Å². The number of nitrogens with two attached hydrogens (primary N) is 1. The Morgan fingerprint density at radius 2 is 2.19 bits per heavy atom. The number of nitro benzene ring substituents is 1. The molecule has 1 heterocycles. The molecular formula is C12H13N3O6. The van der Waals surface area contributed by atoms with E-state index < -0.39 is 28.0 Å². The monoisotopic (exact) mass is 295 g/mol. The maximum absolute atomic E-state index is 11.4. The molecule has 1 amide bonds. The van der Waals surface area contributed by atoms with E-state index in [2.05, 4.69) is 5.32 Å². The normalized spacial score (nSPS) is 21.0. The summed E-state index contributed by atoms with van der Waals surface area (Å²) in [4.78, 5) is 32.8. The number of hydrogen-bond acceptors (Lipinski definition) is 6. The first-order valence-corrected chi connectivity index (χ1v) is 6.03. The molecule has 2 rings (SSSR count). The van der Waals surface area contributed by atoms with Crippen molar-refractivity contribution in [2.45, 2.75) is 12.0 Å². The maximum Gasteiger partial charge on any atom is 0.331 e. The van der Waals surface area contributed by atoms with Crippen molar-refractivity contribution in [3.05, 3.63) is 33.9 Å². The molecule has 1 saturated heterocycles. The number of amides is 1. The minimum Gasteiger partial charge on any atom is -0.479 e. The largest absolute Gasteiger partial charge is 0.479 e. The van der Waals surface area contributed by atoms with Crippen LogP contribution in [0.3, 0.4) is 0 Å². The van der Waals surface area contributed by atoms with Gasteiger partial charge in [-0.2, -0.15) is 0 Å². The van der Waals surface area contributed by atoms with E-state index in [9.17, 15) is 24.8 Å². The number of carboxylic acid groups (broad SMARTS) is 1. The van der Waals surface area contributed by atoms with Crippen LogP contribution in [0.2, 0.25) is 0 Å². The first-order valence-electron chi connectivity index (χ1n) is 6.03. The predicted molar refractivity (Wildman–Crippen MR) is 71.0 cm³/mol. The zero-order chi connectivity index (χ0) is 15.6. The number of nitro groups is 1. The summed E-state index contributed by atoms with van der Waals surface area (Å²) in [6, 6.07) is 3.57. The Kier molecular flexibility index (Phi) is 3.76. The second-order valence-electron chi connectivity index (χ2n) is 4.67. The molecule has 1 fully saturated rings. The summed E-state index contributed by atoms with van der Waals surface area (Å²) < 4.78 is 5.07. The molecule has 0 aromatic heterocycles. The van der Waals surface area contributed by atoms with Gasteiger partial charge in [-0.25, -0.2) is 4.79 Å². The summed E-state index contributed by atoms with van der Waals surface area (Å²) in [5, 5.41) is 23.0. The Labute approximate surface area is 118 Å². The fourth-order valence-electron chi connectivity index (χ4n) is 2.09. The van der Waals surface area contributed by atoms with Gasteiger partial charge in [-0.1, -0.05) is 0 Å². The molecule has 1 aromatic rings. The van der Waals surface area contributed by atoms with Crippen LogP contribution in [0, 0.1) is 10.1 Å². The zero-order valence-electron chi connectivity index (χ0n) is 10.9. The smallest absolute Gasteiger partial charge is 0.331 e. The number of carbonyl (C=O) groups excluding carboxylic acids is 1. The number of rotatable bonds is 5. The summed E-state index contributed by atoms with van der Waals surface area (Å²) >= 11 is 0. The molecule has 0 aliphatic carbocycles. The fraction of sp³-hybridized carbons (Fsp3) is 0.333. The van der Waals surface area contributed by atoms with Crippen LogP contribution in [0.15, 0.2) is 18.2 Å². The fourth-order valence-corrected chi connectivity index (χ4v) is 2.09. The van der Waals surface area contributed by atoms with Crippen molar-refractivity contribution in [3.8, 4) is 0 Å². The van der Waals surface area contributed by atoms with Crippen molar-refractivity contribution >= 4 is 23.3 Å². The Hall–Kier alpha value is -2.68. The van der Waals surface area contributed by atoms with Crippen LogP contribution >= 0.6 is 0 Å². The second-order valence-corrected chi connectivity index (χ2v) is 4.67. The molecule has 9 nitrogen and oxygen atoms in total. The van der Waals surface area contributed by atoms with Crippen LogP contribution in [-0.4, -0.2) is 40.7 Å². The van der Waals surface area contributed by atoms with Crippen molar-refractivity contribution in [1.82, 2.24) is 0 Å². The lowest BCUT2D eigenvalue weighted by Crippen LogP contribution is -2.47. The molecule has 1 aliphatic heterocycles. The van der Waals surface area contributed by atoms with Crippen molar-refractivity contribution in [3.63, 3.8) is 0 Å². The molecule has 1 atom stereocenters. The molecule has 112 valence electrons. The van der Waals surface area contributed by atoms with E-state index in [4.69, 9.17) is 10.5 Å². The van der Waals surface area contributed by atoms with Crippen molar-refractivity contribution < 1.29 is 24.4 Å². The van der Waals surface area contributed by atoms with Crippen LogP contribution in [0.5, 0.6) is 0 Å². The molecule has 0 spiro atoms. The zero-order valence-corrected chi connectivity index (χ0v) is 10.9. The molecule has 0 radical (unpaired) electrons. The minimum absolute atomic E-state index is 0.00194. The summed E-state index contributed by atoms with van der Waals surface area (Å²) in [5.74, 6) is -1.96. The minimum atomic E-state index is -1.42. The average Bonchev–Trinajstić information content (AvgIpc) is 2.88. The van der Waals surface area contributed by atoms with Gasteiger partial charge in [0.25, 0.3) is 5.69 Å². The van der Waals surface area contributed by atoms with Crippen LogP contribution in [-0.2, 0) is 9.53 Å². The Bertz CT molecular complexity index is 609. The number of carboxylic acids is 1. The van der Waals surface area contributed by atoms with Gasteiger partial charge in [0.05, 0.1) is 11.5 Å². The summed E-state index contributed by atoms with van der Waals surface area (Å²) in [6.45, 7) is 0.142. The third kappa shape index (κ3) is 2.77. The Balaban J connectivity index is 2.41.